The lowest BCUT2D eigenvalue weighted by atomic mass is 10.0. The van der Waals surface area contributed by atoms with Crippen LogP contribution in [0, 0.1) is 0 Å². The van der Waals surface area contributed by atoms with Gasteiger partial charge in [-0.3, -0.25) is 9.59 Å². The molecule has 0 amide bonds. The molecule has 3 N–H and O–H groups in total. The van der Waals surface area contributed by atoms with Crippen molar-refractivity contribution in [1.29, 1.82) is 0 Å². The van der Waals surface area contributed by atoms with E-state index in [-0.39, 0.29) is 25.0 Å². The molecule has 1 aromatic carbocycles. The van der Waals surface area contributed by atoms with Crippen LogP contribution in [0.4, 0.5) is 5.69 Å². The smallest absolute Gasteiger partial charge is 0.303 e. The maximum absolute atomic E-state index is 11.7. The first-order valence-corrected chi connectivity index (χ1v) is 9.61. The minimum atomic E-state index is -0.888. The number of carbonyl (C=O) groups excluding carboxylic acids is 2. The molecule has 0 spiro atoms. The molecule has 2 aliphatic rings. The van der Waals surface area contributed by atoms with Gasteiger partial charge in [-0.2, -0.15) is 0 Å². The highest BCUT2D eigenvalue weighted by Gasteiger charge is 2.58. The Kier molecular flexibility index (Phi) is 8.24. The van der Waals surface area contributed by atoms with Crippen molar-refractivity contribution >= 4 is 36.0 Å². The third-order valence-corrected chi connectivity index (χ3v) is 4.52. The number of nitrogens with two attached hydrogens (primary N) is 1. The van der Waals surface area contributed by atoms with Crippen molar-refractivity contribution in [3.8, 4) is 0 Å². The van der Waals surface area contributed by atoms with Gasteiger partial charge in [0.05, 0.1) is 0 Å². The zero-order valence-electron chi connectivity index (χ0n) is 17.8. The number of benzene rings is 1. The lowest BCUT2D eigenvalue weighted by molar-refractivity contribution is -0.221. The molecule has 31 heavy (non-hydrogen) atoms. The molecule has 11 heteroatoms. The number of para-hydroxylation sites is 1. The lowest BCUT2D eigenvalue weighted by Crippen LogP contribution is -2.45. The van der Waals surface area contributed by atoms with Gasteiger partial charge in [0, 0.05) is 19.5 Å². The van der Waals surface area contributed by atoms with Crippen LogP contribution < -0.4 is 11.1 Å². The van der Waals surface area contributed by atoms with Crippen LogP contribution in [0.3, 0.4) is 0 Å². The standard InChI is InChI=1S/C20H27N3O7.ClH/c1-11(24)26-10-14(23-19(21)22-13-8-6-5-7-9-13)15-16(27-12(2)25)17-18(28-15)30-20(3,4)29-17;/h5-9,14-18H,10H2,1-4H3,(H3,21,22,23);1H/t14-,15+,16-,17+,18+;/m0./s1. The second kappa shape index (κ2) is 10.3. The highest BCUT2D eigenvalue weighted by Crippen LogP contribution is 2.40. The van der Waals surface area contributed by atoms with Crippen LogP contribution in [-0.2, 0) is 33.3 Å². The Morgan fingerprint density at radius 2 is 1.87 bits per heavy atom. The summed E-state index contributed by atoms with van der Waals surface area (Å²) in [5.41, 5.74) is 6.79. The Morgan fingerprint density at radius 3 is 2.48 bits per heavy atom. The topological polar surface area (TPSA) is 131 Å². The quantitative estimate of drug-likeness (QED) is 0.371. The summed E-state index contributed by atoms with van der Waals surface area (Å²) in [4.78, 5) is 27.5. The van der Waals surface area contributed by atoms with Crippen LogP contribution in [0.25, 0.3) is 0 Å². The van der Waals surface area contributed by atoms with Crippen molar-refractivity contribution in [2.24, 2.45) is 10.7 Å². The molecule has 10 nitrogen and oxygen atoms in total. The number of anilines is 1. The van der Waals surface area contributed by atoms with Gasteiger partial charge < -0.3 is 34.7 Å². The molecule has 0 unspecified atom stereocenters. The summed E-state index contributed by atoms with van der Waals surface area (Å²) >= 11 is 0. The van der Waals surface area contributed by atoms with Crippen molar-refractivity contribution in [1.82, 2.24) is 0 Å². The number of rotatable bonds is 6. The summed E-state index contributed by atoms with van der Waals surface area (Å²) in [5, 5.41) is 2.96. The Labute approximate surface area is 186 Å². The molecule has 0 aromatic heterocycles. The number of fused-ring (bicyclic) bond motifs is 1. The summed E-state index contributed by atoms with van der Waals surface area (Å²) in [6.45, 7) is 5.93. The van der Waals surface area contributed by atoms with Crippen molar-refractivity contribution in [2.75, 3.05) is 11.9 Å². The number of guanidine groups is 1. The van der Waals surface area contributed by atoms with E-state index in [1.807, 2.05) is 30.3 Å². The van der Waals surface area contributed by atoms with Crippen molar-refractivity contribution in [2.45, 2.75) is 64.1 Å². The van der Waals surface area contributed by atoms with E-state index >= 15 is 0 Å². The Morgan fingerprint density at radius 1 is 1.19 bits per heavy atom. The summed E-state index contributed by atoms with van der Waals surface area (Å²) < 4.78 is 28.2. The van der Waals surface area contributed by atoms with E-state index in [9.17, 15) is 9.59 Å². The fraction of sp³-hybridized carbons (Fsp3) is 0.550. The Bertz CT molecular complexity index is 805. The highest BCUT2D eigenvalue weighted by molar-refractivity contribution is 5.92. The van der Waals surface area contributed by atoms with Gasteiger partial charge in [0.2, 0.25) is 0 Å². The summed E-state index contributed by atoms with van der Waals surface area (Å²) in [6.07, 6.45) is -3.02. The summed E-state index contributed by atoms with van der Waals surface area (Å²) in [7, 11) is 0. The van der Waals surface area contributed by atoms with Crippen LogP contribution in [0.15, 0.2) is 35.3 Å². The zero-order chi connectivity index (χ0) is 21.9. The van der Waals surface area contributed by atoms with Gasteiger partial charge in [0.1, 0.15) is 18.8 Å². The number of esters is 2. The number of hydrogen-bond acceptors (Lipinski definition) is 8. The van der Waals surface area contributed by atoms with Crippen LogP contribution >= 0.6 is 12.4 Å². The van der Waals surface area contributed by atoms with E-state index in [0.717, 1.165) is 5.69 Å². The van der Waals surface area contributed by atoms with Gasteiger partial charge in [0.25, 0.3) is 0 Å². The third kappa shape index (κ3) is 6.54. The first kappa shape index (κ1) is 24.9. The van der Waals surface area contributed by atoms with Crippen LogP contribution in [0.1, 0.15) is 27.7 Å². The number of halogens is 1. The van der Waals surface area contributed by atoms with E-state index in [1.54, 1.807) is 13.8 Å². The van der Waals surface area contributed by atoms with Gasteiger partial charge in [0.15, 0.2) is 30.2 Å². The molecule has 0 radical (unpaired) electrons. The van der Waals surface area contributed by atoms with Gasteiger partial charge in [-0.15, -0.1) is 12.4 Å². The molecule has 2 aliphatic heterocycles. The maximum atomic E-state index is 11.7. The van der Waals surface area contributed by atoms with E-state index in [4.69, 9.17) is 29.4 Å². The van der Waals surface area contributed by atoms with Crippen molar-refractivity contribution in [3.05, 3.63) is 30.3 Å². The largest absolute Gasteiger partial charge is 0.463 e. The van der Waals surface area contributed by atoms with E-state index in [0.29, 0.717) is 0 Å². The van der Waals surface area contributed by atoms with Gasteiger partial charge in [-0.25, -0.2) is 4.99 Å². The fourth-order valence-electron chi connectivity index (χ4n) is 3.43. The minimum absolute atomic E-state index is 0. The van der Waals surface area contributed by atoms with Gasteiger partial charge >= 0.3 is 11.9 Å². The fourth-order valence-corrected chi connectivity index (χ4v) is 3.43. The average molecular weight is 458 g/mol. The summed E-state index contributed by atoms with van der Waals surface area (Å²) in [5.74, 6) is -1.79. The second-order valence-corrected chi connectivity index (χ2v) is 7.52. The molecule has 2 saturated heterocycles. The number of hydrogen-bond donors (Lipinski definition) is 2. The van der Waals surface area contributed by atoms with E-state index in [1.165, 1.54) is 13.8 Å². The van der Waals surface area contributed by atoms with Crippen LogP contribution in [0.5, 0.6) is 0 Å². The van der Waals surface area contributed by atoms with Crippen molar-refractivity contribution < 1.29 is 33.3 Å². The Balaban J connectivity index is 0.00000341. The van der Waals surface area contributed by atoms with Crippen molar-refractivity contribution in [3.63, 3.8) is 0 Å². The Hall–Kier alpha value is -2.40. The molecule has 0 aliphatic carbocycles. The molecular weight excluding hydrogens is 430 g/mol. The predicted molar refractivity (Wildman–Crippen MR) is 114 cm³/mol. The number of ether oxygens (including phenoxy) is 5. The molecule has 172 valence electrons. The number of aliphatic imine (C=N–C) groups is 1. The average Bonchev–Trinajstić information content (AvgIpc) is 3.11. The first-order valence-electron chi connectivity index (χ1n) is 9.61. The zero-order valence-corrected chi connectivity index (χ0v) is 18.6. The van der Waals surface area contributed by atoms with E-state index < -0.39 is 48.4 Å². The van der Waals surface area contributed by atoms with Gasteiger partial charge in [-0.05, 0) is 26.0 Å². The second-order valence-electron chi connectivity index (χ2n) is 7.52. The SMILES string of the molecule is CC(=O)OC[C@H](N=C(N)Nc1ccccc1)[C@H]1O[C@@H]2OC(C)(C)O[C@@H]2[C@H]1OC(C)=O.Cl. The normalized spacial score (nSPS) is 27.5. The lowest BCUT2D eigenvalue weighted by Gasteiger charge is -2.28. The minimum Gasteiger partial charge on any atom is -0.463 e. The number of carbonyl (C=O) groups is 2. The highest BCUT2D eigenvalue weighted by atomic mass is 35.5. The molecule has 0 bridgehead atoms. The summed E-state index contributed by atoms with van der Waals surface area (Å²) in [6, 6.07) is 8.45. The van der Waals surface area contributed by atoms with Gasteiger partial charge in [-0.1, -0.05) is 18.2 Å². The molecular formula is C20H28ClN3O7. The van der Waals surface area contributed by atoms with Crippen LogP contribution in [-0.4, -0.2) is 60.9 Å². The molecule has 1 aromatic rings. The molecule has 3 rings (SSSR count). The number of nitrogens with one attached hydrogen (secondary N) is 1. The molecule has 5 atom stereocenters. The molecule has 2 heterocycles. The predicted octanol–water partition coefficient (Wildman–Crippen LogP) is 1.57. The first-order chi connectivity index (χ1) is 14.1. The van der Waals surface area contributed by atoms with E-state index in [2.05, 4.69) is 10.3 Å². The van der Waals surface area contributed by atoms with Crippen LogP contribution in [0.2, 0.25) is 0 Å². The third-order valence-electron chi connectivity index (χ3n) is 4.52. The molecule has 2 fully saturated rings. The molecule has 0 saturated carbocycles. The number of nitrogens with zero attached hydrogens (tertiary/aromatic N) is 1. The monoisotopic (exact) mass is 457 g/mol. The maximum Gasteiger partial charge on any atom is 0.303 e.